The molecule has 1 unspecified atom stereocenters. The number of H-pyrrole nitrogens is 1. The molecule has 0 aliphatic carbocycles. The summed E-state index contributed by atoms with van der Waals surface area (Å²) in [5, 5.41) is 22.0. The Hall–Kier alpha value is -4.76. The highest BCUT2D eigenvalue weighted by Gasteiger charge is 2.29. The summed E-state index contributed by atoms with van der Waals surface area (Å²) in [6.45, 7) is 2.23. The Balaban J connectivity index is 1.46. The van der Waals surface area contributed by atoms with E-state index in [0.717, 1.165) is 12.1 Å². The number of aliphatic imine (C=N–C) groups is 1. The van der Waals surface area contributed by atoms with Gasteiger partial charge >= 0.3 is 0 Å². The van der Waals surface area contributed by atoms with Crippen LogP contribution in [0.15, 0.2) is 47.8 Å². The van der Waals surface area contributed by atoms with Crippen molar-refractivity contribution >= 4 is 22.7 Å². The Morgan fingerprint density at radius 1 is 1.26 bits per heavy atom. The number of anilines is 1. The standard InChI is InChI=1S/C26H22F2N6O4/c1-26(12-35)11-33-25(37-13-26)34-16-6-18(27)22(19(28)7-16)38-20-3-4-30-23-21(20)17(10-31-23)15-5-14(8-29)24(36-2)32-9-15/h3-7,9-10,35H,11-13H2,1-2H3,(H,30,31)(H,33,34). The lowest BCUT2D eigenvalue weighted by Gasteiger charge is -2.30. The molecule has 0 amide bonds. The summed E-state index contributed by atoms with van der Waals surface area (Å²) in [6, 6.07) is 7.32. The third kappa shape index (κ3) is 4.67. The third-order valence-electron chi connectivity index (χ3n) is 6.02. The second-order valence-corrected chi connectivity index (χ2v) is 9.00. The van der Waals surface area contributed by atoms with Crippen molar-refractivity contribution in [2.45, 2.75) is 6.92 Å². The molecule has 0 saturated heterocycles. The molecular weight excluding hydrogens is 498 g/mol. The Morgan fingerprint density at radius 3 is 2.71 bits per heavy atom. The van der Waals surface area contributed by atoms with Crippen molar-refractivity contribution in [3.05, 3.63) is 60.1 Å². The van der Waals surface area contributed by atoms with E-state index in [1.807, 2.05) is 13.0 Å². The average Bonchev–Trinajstić information content (AvgIpc) is 3.37. The van der Waals surface area contributed by atoms with Crippen molar-refractivity contribution < 1.29 is 28.1 Å². The van der Waals surface area contributed by atoms with Crippen LogP contribution in [0.4, 0.5) is 14.5 Å². The predicted molar refractivity (Wildman–Crippen MR) is 134 cm³/mol. The number of aliphatic hydroxyl groups excluding tert-OH is 1. The number of methoxy groups -OCH3 is 1. The van der Waals surface area contributed by atoms with Crippen LogP contribution in [-0.4, -0.2) is 52.9 Å². The Kier molecular flexibility index (Phi) is 6.52. The molecule has 0 spiro atoms. The average molecular weight is 520 g/mol. The van der Waals surface area contributed by atoms with Gasteiger partial charge in [0, 0.05) is 53.0 Å². The number of rotatable bonds is 6. The van der Waals surface area contributed by atoms with Crippen molar-refractivity contribution in [2.24, 2.45) is 10.4 Å². The molecule has 0 fully saturated rings. The number of nitrogens with zero attached hydrogens (tertiary/aromatic N) is 4. The van der Waals surface area contributed by atoms with Crippen LogP contribution in [0.1, 0.15) is 12.5 Å². The second-order valence-electron chi connectivity index (χ2n) is 9.00. The lowest BCUT2D eigenvalue weighted by molar-refractivity contribution is 0.0706. The third-order valence-corrected chi connectivity index (χ3v) is 6.02. The van der Waals surface area contributed by atoms with Gasteiger partial charge in [0.25, 0.3) is 6.02 Å². The minimum absolute atomic E-state index is 0.0780. The lowest BCUT2D eigenvalue weighted by Crippen LogP contribution is -2.38. The molecule has 4 aromatic rings. The fraction of sp³-hybridized carbons (Fsp3) is 0.231. The molecule has 38 heavy (non-hydrogen) atoms. The first-order valence-electron chi connectivity index (χ1n) is 11.5. The molecule has 5 rings (SSSR count). The van der Waals surface area contributed by atoms with Gasteiger partial charge in [-0.2, -0.15) is 5.26 Å². The van der Waals surface area contributed by atoms with Crippen LogP contribution in [0, 0.1) is 28.4 Å². The lowest BCUT2D eigenvalue weighted by atomic mass is 9.93. The number of aliphatic hydroxyl groups is 1. The number of hydrogen-bond donors (Lipinski definition) is 3. The number of nitrogens with one attached hydrogen (secondary N) is 2. The van der Waals surface area contributed by atoms with Gasteiger partial charge in [0.2, 0.25) is 5.88 Å². The van der Waals surface area contributed by atoms with E-state index in [1.165, 1.54) is 25.6 Å². The molecule has 0 bridgehead atoms. The van der Waals surface area contributed by atoms with Crippen molar-refractivity contribution in [1.82, 2.24) is 15.0 Å². The zero-order valence-corrected chi connectivity index (χ0v) is 20.4. The van der Waals surface area contributed by atoms with Crippen molar-refractivity contribution in [1.29, 1.82) is 5.26 Å². The molecule has 12 heteroatoms. The molecular formula is C26H22F2N6O4. The number of hydrogen-bond acceptors (Lipinski definition) is 9. The largest absolute Gasteiger partial charge is 0.480 e. The van der Waals surface area contributed by atoms with E-state index in [1.54, 1.807) is 12.3 Å². The molecule has 1 atom stereocenters. The van der Waals surface area contributed by atoms with Crippen LogP contribution < -0.4 is 14.8 Å². The van der Waals surface area contributed by atoms with Crippen molar-refractivity contribution in [2.75, 3.05) is 32.2 Å². The van der Waals surface area contributed by atoms with Gasteiger partial charge in [-0.25, -0.2) is 23.7 Å². The Morgan fingerprint density at radius 2 is 2.05 bits per heavy atom. The minimum Gasteiger partial charge on any atom is -0.480 e. The normalized spacial score (nSPS) is 16.9. The van der Waals surface area contributed by atoms with E-state index < -0.39 is 22.8 Å². The highest BCUT2D eigenvalue weighted by Crippen LogP contribution is 2.39. The maximum atomic E-state index is 15.1. The van der Waals surface area contributed by atoms with Gasteiger partial charge in [0.05, 0.1) is 25.6 Å². The first kappa shape index (κ1) is 24.9. The number of aromatic nitrogens is 3. The van der Waals surface area contributed by atoms with Gasteiger partial charge in [-0.15, -0.1) is 0 Å². The number of amidine groups is 1. The highest BCUT2D eigenvalue weighted by atomic mass is 19.1. The van der Waals surface area contributed by atoms with Crippen LogP contribution in [0.5, 0.6) is 17.4 Å². The molecule has 1 aliphatic heterocycles. The number of ether oxygens (including phenoxy) is 3. The number of halogens is 2. The van der Waals surface area contributed by atoms with Crippen LogP contribution >= 0.6 is 0 Å². The number of fused-ring (bicyclic) bond motifs is 1. The summed E-state index contributed by atoms with van der Waals surface area (Å²) in [5.41, 5.74) is 1.32. The maximum absolute atomic E-state index is 15.1. The molecule has 1 aliphatic rings. The summed E-state index contributed by atoms with van der Waals surface area (Å²) < 4.78 is 46.4. The quantitative estimate of drug-likeness (QED) is 0.341. The van der Waals surface area contributed by atoms with E-state index in [-0.39, 0.29) is 42.1 Å². The molecule has 1 aromatic carbocycles. The van der Waals surface area contributed by atoms with E-state index in [4.69, 9.17) is 14.2 Å². The van der Waals surface area contributed by atoms with Crippen LogP contribution in [-0.2, 0) is 4.74 Å². The van der Waals surface area contributed by atoms with Gasteiger partial charge < -0.3 is 29.6 Å². The number of benzene rings is 1. The fourth-order valence-electron chi connectivity index (χ4n) is 3.91. The van der Waals surface area contributed by atoms with Crippen LogP contribution in [0.3, 0.4) is 0 Å². The van der Waals surface area contributed by atoms with Gasteiger partial charge in [-0.1, -0.05) is 6.92 Å². The number of nitriles is 1. The fourth-order valence-corrected chi connectivity index (χ4v) is 3.91. The van der Waals surface area contributed by atoms with Crippen molar-refractivity contribution in [3.8, 4) is 34.6 Å². The van der Waals surface area contributed by atoms with Crippen LogP contribution in [0.2, 0.25) is 0 Å². The molecule has 0 saturated carbocycles. The summed E-state index contributed by atoms with van der Waals surface area (Å²) in [5.74, 6) is -2.20. The molecule has 0 radical (unpaired) electrons. The van der Waals surface area contributed by atoms with Crippen molar-refractivity contribution in [3.63, 3.8) is 0 Å². The predicted octanol–water partition coefficient (Wildman–Crippen LogP) is 4.37. The molecule has 10 nitrogen and oxygen atoms in total. The first-order chi connectivity index (χ1) is 18.3. The Bertz CT molecular complexity index is 1580. The van der Waals surface area contributed by atoms with E-state index in [9.17, 15) is 10.4 Å². The summed E-state index contributed by atoms with van der Waals surface area (Å²) in [4.78, 5) is 15.6. The first-order valence-corrected chi connectivity index (χ1v) is 11.5. The molecule has 194 valence electrons. The summed E-state index contributed by atoms with van der Waals surface area (Å²) >= 11 is 0. The summed E-state index contributed by atoms with van der Waals surface area (Å²) in [6.07, 6.45) is 4.59. The topological polar surface area (TPSA) is 138 Å². The monoisotopic (exact) mass is 520 g/mol. The number of aromatic amines is 1. The Labute approximate surface area is 215 Å². The van der Waals surface area contributed by atoms with Gasteiger partial charge in [0.15, 0.2) is 17.4 Å². The maximum Gasteiger partial charge on any atom is 0.289 e. The smallest absolute Gasteiger partial charge is 0.289 e. The minimum atomic E-state index is -0.955. The molecule has 3 N–H and O–H groups in total. The number of pyridine rings is 2. The summed E-state index contributed by atoms with van der Waals surface area (Å²) in [7, 11) is 1.41. The molecule has 3 aromatic heterocycles. The van der Waals surface area contributed by atoms with E-state index in [0.29, 0.717) is 28.7 Å². The highest BCUT2D eigenvalue weighted by molar-refractivity contribution is 5.98. The zero-order chi connectivity index (χ0) is 26.9. The van der Waals surface area contributed by atoms with E-state index in [2.05, 4.69) is 25.3 Å². The van der Waals surface area contributed by atoms with Gasteiger partial charge in [0.1, 0.15) is 29.6 Å². The SMILES string of the molecule is COc1ncc(-c2c[nH]c3nccc(Oc4c(F)cc(NC5=NCC(C)(CO)CO5)cc4F)c23)cc1C#N. The van der Waals surface area contributed by atoms with Gasteiger partial charge in [-0.3, -0.25) is 0 Å². The van der Waals surface area contributed by atoms with E-state index >= 15 is 8.78 Å². The zero-order valence-electron chi connectivity index (χ0n) is 20.4. The van der Waals surface area contributed by atoms with Crippen LogP contribution in [0.25, 0.3) is 22.2 Å². The molecule has 4 heterocycles. The second kappa shape index (κ2) is 9.95. The van der Waals surface area contributed by atoms with Gasteiger partial charge in [-0.05, 0) is 12.1 Å².